The van der Waals surface area contributed by atoms with Gasteiger partial charge in [-0.25, -0.2) is 4.39 Å². The summed E-state index contributed by atoms with van der Waals surface area (Å²) in [4.78, 5) is 12.7. The van der Waals surface area contributed by atoms with Gasteiger partial charge in [-0.1, -0.05) is 36.4 Å². The minimum absolute atomic E-state index is 0.171. The zero-order valence-electron chi connectivity index (χ0n) is 12.5. The standard InChI is InChI=1S/C19H17FN2O/c20-16-9-6-10-17(14-16)21-19(23)18(22-11-4-5-12-22)13-15-7-2-1-3-8-15/h1-12,14,18H,13H2,(H,21,23)/t18-/m0/s1. The Morgan fingerprint density at radius 3 is 2.43 bits per heavy atom. The van der Waals surface area contributed by atoms with Gasteiger partial charge in [-0.3, -0.25) is 4.79 Å². The SMILES string of the molecule is O=C(Nc1cccc(F)c1)[C@H](Cc1ccccc1)n1cccc1. The van der Waals surface area contributed by atoms with Crippen molar-refractivity contribution in [3.8, 4) is 0 Å². The van der Waals surface area contributed by atoms with E-state index in [1.165, 1.54) is 12.1 Å². The molecule has 0 radical (unpaired) electrons. The van der Waals surface area contributed by atoms with Crippen LogP contribution in [0.4, 0.5) is 10.1 Å². The Labute approximate surface area is 134 Å². The number of nitrogens with one attached hydrogen (secondary N) is 1. The minimum atomic E-state index is -0.393. The number of amides is 1. The van der Waals surface area contributed by atoms with Gasteiger partial charge >= 0.3 is 0 Å². The summed E-state index contributed by atoms with van der Waals surface area (Å²) >= 11 is 0. The van der Waals surface area contributed by atoms with Crippen LogP contribution in [-0.2, 0) is 11.2 Å². The molecule has 0 spiro atoms. The highest BCUT2D eigenvalue weighted by Crippen LogP contribution is 2.18. The van der Waals surface area contributed by atoms with Crippen LogP contribution in [-0.4, -0.2) is 10.5 Å². The van der Waals surface area contributed by atoms with Crippen molar-refractivity contribution >= 4 is 11.6 Å². The average Bonchev–Trinajstić information content (AvgIpc) is 3.07. The Balaban J connectivity index is 1.82. The Morgan fingerprint density at radius 1 is 1.00 bits per heavy atom. The van der Waals surface area contributed by atoms with Crippen LogP contribution >= 0.6 is 0 Å². The maximum Gasteiger partial charge on any atom is 0.247 e. The molecule has 0 aliphatic rings. The molecule has 0 saturated heterocycles. The third kappa shape index (κ3) is 3.86. The molecule has 1 heterocycles. The van der Waals surface area contributed by atoms with Crippen molar-refractivity contribution in [1.82, 2.24) is 4.57 Å². The Hall–Kier alpha value is -2.88. The van der Waals surface area contributed by atoms with Gasteiger partial charge in [0.25, 0.3) is 0 Å². The number of carbonyl (C=O) groups excluding carboxylic acids is 1. The Kier molecular flexibility index (Phi) is 4.52. The molecule has 0 unspecified atom stereocenters. The lowest BCUT2D eigenvalue weighted by Crippen LogP contribution is -2.27. The molecule has 2 aromatic carbocycles. The van der Waals surface area contributed by atoms with E-state index in [4.69, 9.17) is 0 Å². The summed E-state index contributed by atoms with van der Waals surface area (Å²) in [5, 5.41) is 2.79. The van der Waals surface area contributed by atoms with Gasteiger partial charge in [0.2, 0.25) is 5.91 Å². The van der Waals surface area contributed by atoms with Gasteiger partial charge in [0.1, 0.15) is 11.9 Å². The monoisotopic (exact) mass is 308 g/mol. The minimum Gasteiger partial charge on any atom is -0.342 e. The summed E-state index contributed by atoms with van der Waals surface area (Å²) in [7, 11) is 0. The fourth-order valence-electron chi connectivity index (χ4n) is 2.52. The maximum atomic E-state index is 13.3. The number of hydrogen-bond donors (Lipinski definition) is 1. The highest BCUT2D eigenvalue weighted by molar-refractivity contribution is 5.93. The van der Waals surface area contributed by atoms with Crippen LogP contribution in [0.1, 0.15) is 11.6 Å². The van der Waals surface area contributed by atoms with Gasteiger partial charge < -0.3 is 9.88 Å². The second-order valence-corrected chi connectivity index (χ2v) is 5.34. The van der Waals surface area contributed by atoms with Gasteiger partial charge in [0.05, 0.1) is 0 Å². The third-order valence-corrected chi connectivity index (χ3v) is 3.65. The fourth-order valence-corrected chi connectivity index (χ4v) is 2.52. The lowest BCUT2D eigenvalue weighted by atomic mass is 10.0. The van der Waals surface area contributed by atoms with Crippen molar-refractivity contribution in [3.63, 3.8) is 0 Å². The van der Waals surface area contributed by atoms with E-state index in [9.17, 15) is 9.18 Å². The van der Waals surface area contributed by atoms with E-state index in [1.807, 2.05) is 59.4 Å². The summed E-state index contributed by atoms with van der Waals surface area (Å²) < 4.78 is 15.1. The molecule has 1 atom stereocenters. The smallest absolute Gasteiger partial charge is 0.247 e. The van der Waals surface area contributed by atoms with Crippen molar-refractivity contribution in [2.24, 2.45) is 0 Å². The Bertz CT molecular complexity index is 769. The van der Waals surface area contributed by atoms with E-state index in [0.29, 0.717) is 12.1 Å². The predicted molar refractivity (Wildman–Crippen MR) is 88.6 cm³/mol. The first-order valence-corrected chi connectivity index (χ1v) is 7.45. The normalized spacial score (nSPS) is 11.9. The van der Waals surface area contributed by atoms with Gasteiger partial charge in [-0.05, 0) is 35.9 Å². The number of nitrogens with zero attached hydrogens (tertiary/aromatic N) is 1. The number of benzene rings is 2. The molecule has 23 heavy (non-hydrogen) atoms. The van der Waals surface area contributed by atoms with Crippen LogP contribution in [0.25, 0.3) is 0 Å². The molecule has 3 rings (SSSR count). The average molecular weight is 308 g/mol. The van der Waals surface area contributed by atoms with E-state index in [0.717, 1.165) is 5.56 Å². The lowest BCUT2D eigenvalue weighted by molar-refractivity contribution is -0.119. The summed E-state index contributed by atoms with van der Waals surface area (Å²) in [5.74, 6) is -0.543. The first kappa shape index (κ1) is 15.0. The summed E-state index contributed by atoms with van der Waals surface area (Å²) in [6.45, 7) is 0. The molecule has 0 aliphatic carbocycles. The largest absolute Gasteiger partial charge is 0.342 e. The molecular formula is C19H17FN2O. The van der Waals surface area contributed by atoms with E-state index in [-0.39, 0.29) is 11.7 Å². The van der Waals surface area contributed by atoms with Crippen molar-refractivity contribution in [1.29, 1.82) is 0 Å². The molecule has 3 aromatic rings. The number of halogens is 1. The van der Waals surface area contributed by atoms with Crippen LogP contribution < -0.4 is 5.32 Å². The first-order chi connectivity index (χ1) is 11.2. The van der Waals surface area contributed by atoms with E-state index in [1.54, 1.807) is 12.1 Å². The van der Waals surface area contributed by atoms with Gasteiger partial charge in [0, 0.05) is 24.5 Å². The molecule has 0 aliphatic heterocycles. The number of rotatable bonds is 5. The molecule has 1 aromatic heterocycles. The van der Waals surface area contributed by atoms with E-state index >= 15 is 0 Å². The van der Waals surface area contributed by atoms with Crippen LogP contribution in [0.5, 0.6) is 0 Å². The van der Waals surface area contributed by atoms with Gasteiger partial charge in [0.15, 0.2) is 0 Å². The molecule has 1 amide bonds. The van der Waals surface area contributed by atoms with Crippen molar-refractivity contribution in [2.75, 3.05) is 5.32 Å². The topological polar surface area (TPSA) is 34.0 Å². The highest BCUT2D eigenvalue weighted by Gasteiger charge is 2.20. The highest BCUT2D eigenvalue weighted by atomic mass is 19.1. The number of hydrogen-bond acceptors (Lipinski definition) is 1. The second-order valence-electron chi connectivity index (χ2n) is 5.34. The molecule has 0 fully saturated rings. The molecule has 1 N–H and O–H groups in total. The summed E-state index contributed by atoms with van der Waals surface area (Å²) in [6, 6.07) is 19.1. The van der Waals surface area contributed by atoms with Crippen LogP contribution in [0, 0.1) is 5.82 Å². The molecular weight excluding hydrogens is 291 g/mol. The van der Waals surface area contributed by atoms with E-state index in [2.05, 4.69) is 5.32 Å². The zero-order valence-corrected chi connectivity index (χ0v) is 12.5. The van der Waals surface area contributed by atoms with Gasteiger partial charge in [-0.15, -0.1) is 0 Å². The first-order valence-electron chi connectivity index (χ1n) is 7.45. The fraction of sp³-hybridized carbons (Fsp3) is 0.105. The quantitative estimate of drug-likeness (QED) is 0.758. The third-order valence-electron chi connectivity index (χ3n) is 3.65. The Morgan fingerprint density at radius 2 is 1.74 bits per heavy atom. The molecule has 116 valence electrons. The lowest BCUT2D eigenvalue weighted by Gasteiger charge is -2.19. The summed E-state index contributed by atoms with van der Waals surface area (Å²) in [6.07, 6.45) is 4.29. The number of aromatic nitrogens is 1. The molecule has 4 heteroatoms. The van der Waals surface area contributed by atoms with Crippen LogP contribution in [0.3, 0.4) is 0 Å². The van der Waals surface area contributed by atoms with E-state index < -0.39 is 6.04 Å². The zero-order chi connectivity index (χ0) is 16.1. The van der Waals surface area contributed by atoms with Crippen molar-refractivity contribution in [3.05, 3.63) is 90.5 Å². The maximum absolute atomic E-state index is 13.3. The van der Waals surface area contributed by atoms with Crippen molar-refractivity contribution in [2.45, 2.75) is 12.5 Å². The molecule has 0 bridgehead atoms. The molecule has 3 nitrogen and oxygen atoms in total. The second kappa shape index (κ2) is 6.92. The summed E-state index contributed by atoms with van der Waals surface area (Å²) in [5.41, 5.74) is 1.53. The number of anilines is 1. The van der Waals surface area contributed by atoms with Crippen LogP contribution in [0.15, 0.2) is 79.1 Å². The predicted octanol–water partition coefficient (Wildman–Crippen LogP) is 4.05. The number of carbonyl (C=O) groups is 1. The van der Waals surface area contributed by atoms with Crippen LogP contribution in [0.2, 0.25) is 0 Å². The van der Waals surface area contributed by atoms with Crippen molar-refractivity contribution < 1.29 is 9.18 Å². The molecule has 0 saturated carbocycles. The van der Waals surface area contributed by atoms with Gasteiger partial charge in [-0.2, -0.15) is 0 Å².